The van der Waals surface area contributed by atoms with Gasteiger partial charge in [0, 0.05) is 11.8 Å². The maximum atomic E-state index is 12.3. The van der Waals surface area contributed by atoms with E-state index in [0.717, 1.165) is 0 Å². The van der Waals surface area contributed by atoms with Gasteiger partial charge in [0.2, 0.25) is 11.8 Å². The van der Waals surface area contributed by atoms with Gasteiger partial charge in [0.25, 0.3) is 0 Å². The third kappa shape index (κ3) is 3.25. The van der Waals surface area contributed by atoms with Crippen LogP contribution in [0.3, 0.4) is 0 Å². The van der Waals surface area contributed by atoms with E-state index < -0.39 is 24.0 Å². The molecule has 1 saturated heterocycles. The number of aliphatic hydroxyl groups excluding tert-OH is 1. The van der Waals surface area contributed by atoms with E-state index in [1.807, 2.05) is 0 Å². The molecule has 2 aliphatic heterocycles. The maximum Gasteiger partial charge on any atom is 0.352 e. The molecule has 9 heteroatoms. The molecule has 3 amide bonds. The first-order valence-corrected chi connectivity index (χ1v) is 9.06. The second kappa shape index (κ2) is 7.10. The van der Waals surface area contributed by atoms with Crippen LogP contribution in [-0.2, 0) is 9.59 Å². The lowest BCUT2D eigenvalue weighted by atomic mass is 9.82. The molecule has 4 rings (SSSR count). The Hall–Kier alpha value is -3.59. The van der Waals surface area contributed by atoms with Crippen molar-refractivity contribution in [2.75, 3.05) is 10.6 Å². The molecule has 0 unspecified atom stereocenters. The van der Waals surface area contributed by atoms with Gasteiger partial charge in [-0.05, 0) is 42.7 Å². The number of carboxylic acid groups (broad SMARTS) is 1. The topological polar surface area (TPSA) is 132 Å². The van der Waals surface area contributed by atoms with E-state index in [1.54, 1.807) is 36.4 Å². The largest absolute Gasteiger partial charge is 0.477 e. The van der Waals surface area contributed by atoms with E-state index in [4.69, 9.17) is 4.42 Å². The summed E-state index contributed by atoms with van der Waals surface area (Å²) in [6, 6.07) is 9.08. The zero-order valence-electron chi connectivity index (χ0n) is 15.5. The van der Waals surface area contributed by atoms with Crippen LogP contribution in [0.25, 0.3) is 5.57 Å². The molecule has 3 heterocycles. The average Bonchev–Trinajstić information content (AvgIpc) is 3.27. The zero-order chi connectivity index (χ0) is 20.7. The van der Waals surface area contributed by atoms with E-state index >= 15 is 0 Å². The van der Waals surface area contributed by atoms with Crippen LogP contribution in [-0.4, -0.2) is 45.2 Å². The molecule has 1 fully saturated rings. The first-order valence-electron chi connectivity index (χ1n) is 9.06. The van der Waals surface area contributed by atoms with E-state index in [0.29, 0.717) is 23.2 Å². The third-order valence-corrected chi connectivity index (χ3v) is 5.16. The lowest BCUT2D eigenvalue weighted by molar-refractivity contribution is -0.161. The van der Waals surface area contributed by atoms with Gasteiger partial charge >= 0.3 is 12.0 Å². The number of anilines is 2. The Kier molecular flexibility index (Phi) is 4.59. The second-order valence-electron chi connectivity index (χ2n) is 7.02. The van der Waals surface area contributed by atoms with E-state index in [2.05, 4.69) is 10.6 Å². The van der Waals surface area contributed by atoms with Crippen molar-refractivity contribution in [2.45, 2.75) is 25.5 Å². The van der Waals surface area contributed by atoms with Crippen molar-refractivity contribution in [1.82, 2.24) is 4.90 Å². The van der Waals surface area contributed by atoms with Crippen molar-refractivity contribution in [3.05, 3.63) is 53.9 Å². The number of rotatable bonds is 5. The van der Waals surface area contributed by atoms with Crippen molar-refractivity contribution < 1.29 is 29.0 Å². The quantitative estimate of drug-likeness (QED) is 0.573. The van der Waals surface area contributed by atoms with E-state index in [-0.39, 0.29) is 23.5 Å². The number of carbonyl (C=O) groups is 3. The summed E-state index contributed by atoms with van der Waals surface area (Å²) in [6.45, 7) is 1.53. The van der Waals surface area contributed by atoms with Crippen LogP contribution in [0.2, 0.25) is 0 Å². The van der Waals surface area contributed by atoms with Crippen molar-refractivity contribution in [3.8, 4) is 0 Å². The molecule has 0 bridgehead atoms. The van der Waals surface area contributed by atoms with Gasteiger partial charge in [0.05, 0.1) is 24.3 Å². The number of nitrogens with one attached hydrogen (secondary N) is 2. The number of carbonyl (C=O) groups excluding carboxylic acids is 2. The number of amides is 3. The molecule has 9 nitrogen and oxygen atoms in total. The van der Waals surface area contributed by atoms with Gasteiger partial charge in [0.1, 0.15) is 5.70 Å². The molecule has 0 aliphatic carbocycles. The molecule has 0 saturated carbocycles. The fourth-order valence-electron chi connectivity index (χ4n) is 3.94. The standard InChI is InChI=1S/C20H19N3O6/c1-10(24)16-14-9-13(17(19(26)27)23(14)18(16)25)11-4-2-5-12(8-11)21-20(28)22-15-6-3-7-29-15/h2-8,10,14,16,24H,9H2,1H3,(H,26,27)(H2,21,22,28)/t10-,14-,16-/m1/s1. The fraction of sp³-hybridized carbons (Fsp3) is 0.250. The Morgan fingerprint density at radius 1 is 1.24 bits per heavy atom. The minimum Gasteiger partial charge on any atom is -0.477 e. The van der Waals surface area contributed by atoms with Gasteiger partial charge in [-0.15, -0.1) is 0 Å². The molecule has 1 aromatic heterocycles. The molecule has 1 aromatic carbocycles. The molecule has 2 aromatic rings. The summed E-state index contributed by atoms with van der Waals surface area (Å²) in [5.74, 6) is -1.90. The summed E-state index contributed by atoms with van der Waals surface area (Å²) in [6.07, 6.45) is 0.906. The van der Waals surface area contributed by atoms with Gasteiger partial charge < -0.3 is 24.8 Å². The normalized spacial score (nSPS) is 21.4. The zero-order valence-corrected chi connectivity index (χ0v) is 15.5. The number of aliphatic carboxylic acids is 1. The summed E-state index contributed by atoms with van der Waals surface area (Å²) < 4.78 is 5.05. The monoisotopic (exact) mass is 397 g/mol. The fourth-order valence-corrected chi connectivity index (χ4v) is 3.94. The first kappa shape index (κ1) is 18.8. The Labute approximate surface area is 165 Å². The Morgan fingerprint density at radius 2 is 2.03 bits per heavy atom. The van der Waals surface area contributed by atoms with Crippen molar-refractivity contribution in [1.29, 1.82) is 0 Å². The number of urea groups is 1. The molecule has 0 radical (unpaired) electrons. The van der Waals surface area contributed by atoms with Gasteiger partial charge in [-0.25, -0.2) is 9.59 Å². The lowest BCUT2D eigenvalue weighted by Gasteiger charge is -2.44. The smallest absolute Gasteiger partial charge is 0.352 e. The highest BCUT2D eigenvalue weighted by Gasteiger charge is 2.56. The van der Waals surface area contributed by atoms with E-state index in [1.165, 1.54) is 18.1 Å². The summed E-state index contributed by atoms with van der Waals surface area (Å²) in [7, 11) is 0. The van der Waals surface area contributed by atoms with Gasteiger partial charge in [-0.3, -0.25) is 10.1 Å². The molecule has 2 aliphatic rings. The van der Waals surface area contributed by atoms with Crippen LogP contribution in [0.5, 0.6) is 0 Å². The van der Waals surface area contributed by atoms with E-state index in [9.17, 15) is 24.6 Å². The summed E-state index contributed by atoms with van der Waals surface area (Å²) in [5, 5.41) is 24.7. The minimum atomic E-state index is -1.20. The SMILES string of the molecule is C[C@@H](O)[C@H]1C(=O)N2C(C(=O)O)=C(c3cccc(NC(=O)Nc4ccco4)c3)C[C@H]12. The van der Waals surface area contributed by atoms with Crippen LogP contribution in [0, 0.1) is 5.92 Å². The number of benzene rings is 1. The van der Waals surface area contributed by atoms with Crippen LogP contribution < -0.4 is 10.6 Å². The molecule has 3 atom stereocenters. The van der Waals surface area contributed by atoms with Crippen LogP contribution >= 0.6 is 0 Å². The summed E-state index contributed by atoms with van der Waals surface area (Å²) >= 11 is 0. The minimum absolute atomic E-state index is 0.0749. The average molecular weight is 397 g/mol. The van der Waals surface area contributed by atoms with Crippen molar-refractivity contribution >= 4 is 35.1 Å². The molecule has 29 heavy (non-hydrogen) atoms. The highest BCUT2D eigenvalue weighted by atomic mass is 16.4. The Bertz CT molecular complexity index is 1010. The molecule has 4 N–H and O–H groups in total. The van der Waals surface area contributed by atoms with Gasteiger partial charge in [0.15, 0.2) is 0 Å². The summed E-state index contributed by atoms with van der Waals surface area (Å²) in [5.41, 5.74) is 1.46. The number of furan rings is 1. The highest BCUT2D eigenvalue weighted by Crippen LogP contribution is 2.47. The molecule has 0 spiro atoms. The van der Waals surface area contributed by atoms with Crippen LogP contribution in [0.4, 0.5) is 16.4 Å². The second-order valence-corrected chi connectivity index (χ2v) is 7.02. The number of carboxylic acids is 1. The third-order valence-electron chi connectivity index (χ3n) is 5.16. The number of aliphatic hydroxyl groups is 1. The van der Waals surface area contributed by atoms with Crippen LogP contribution in [0.15, 0.2) is 52.8 Å². The number of β-lactam (4-membered cyclic amide) rings is 1. The van der Waals surface area contributed by atoms with Crippen molar-refractivity contribution in [2.24, 2.45) is 5.92 Å². The van der Waals surface area contributed by atoms with Gasteiger partial charge in [-0.1, -0.05) is 12.1 Å². The number of nitrogens with zero attached hydrogens (tertiary/aromatic N) is 1. The number of hydrogen-bond donors (Lipinski definition) is 4. The Balaban J connectivity index is 1.58. The number of fused-ring (bicyclic) bond motifs is 1. The van der Waals surface area contributed by atoms with Crippen LogP contribution in [0.1, 0.15) is 18.9 Å². The van der Waals surface area contributed by atoms with Crippen molar-refractivity contribution in [3.63, 3.8) is 0 Å². The highest BCUT2D eigenvalue weighted by molar-refractivity contribution is 6.06. The predicted octanol–water partition coefficient (Wildman–Crippen LogP) is 2.33. The first-order chi connectivity index (χ1) is 13.9. The lowest BCUT2D eigenvalue weighted by Crippen LogP contribution is -2.61. The Morgan fingerprint density at radius 3 is 2.69 bits per heavy atom. The molecule has 150 valence electrons. The predicted molar refractivity (Wildman–Crippen MR) is 103 cm³/mol. The van der Waals surface area contributed by atoms with Gasteiger partial charge in [-0.2, -0.15) is 0 Å². The number of hydrogen-bond acceptors (Lipinski definition) is 5. The maximum absolute atomic E-state index is 12.3. The molecular weight excluding hydrogens is 378 g/mol. The summed E-state index contributed by atoms with van der Waals surface area (Å²) in [4.78, 5) is 37.5. The molecular formula is C20H19N3O6.